The Labute approximate surface area is 213 Å². The van der Waals surface area contributed by atoms with Gasteiger partial charge in [0.1, 0.15) is 6.33 Å². The highest BCUT2D eigenvalue weighted by atomic mass is 16.2. The zero-order chi connectivity index (χ0) is 25.5. The number of aryl methyl sites for hydroxylation is 2. The first-order chi connectivity index (χ1) is 18.0. The molecule has 0 aliphatic carbocycles. The molecular formula is C27H28N8O2. The van der Waals surface area contributed by atoms with E-state index in [0.717, 1.165) is 35.0 Å². The maximum atomic E-state index is 13.0. The number of para-hydroxylation sites is 2. The van der Waals surface area contributed by atoms with Crippen LogP contribution in [-0.4, -0.2) is 48.1 Å². The number of carbonyl (C=O) groups is 1. The number of hydrogen-bond acceptors (Lipinski definition) is 6. The Morgan fingerprint density at radius 3 is 2.65 bits per heavy atom. The molecule has 3 aromatic heterocycles. The molecule has 6 rings (SSSR count). The zero-order valence-corrected chi connectivity index (χ0v) is 20.8. The number of amides is 1. The summed E-state index contributed by atoms with van der Waals surface area (Å²) >= 11 is 0. The molecule has 1 aliphatic rings. The molecule has 188 valence electrons. The highest BCUT2D eigenvalue weighted by Gasteiger charge is 2.27. The minimum atomic E-state index is -0.257. The summed E-state index contributed by atoms with van der Waals surface area (Å²) in [6, 6.07) is 15.9. The van der Waals surface area contributed by atoms with Crippen LogP contribution >= 0.6 is 0 Å². The van der Waals surface area contributed by atoms with Gasteiger partial charge in [-0.2, -0.15) is 0 Å². The maximum Gasteiger partial charge on any atom is 0.326 e. The molecule has 1 aliphatic heterocycles. The van der Waals surface area contributed by atoms with Crippen molar-refractivity contribution in [1.82, 2.24) is 34.4 Å². The van der Waals surface area contributed by atoms with Gasteiger partial charge in [-0.25, -0.2) is 19.7 Å². The van der Waals surface area contributed by atoms with Crippen molar-refractivity contribution in [3.05, 3.63) is 82.3 Å². The van der Waals surface area contributed by atoms with Crippen LogP contribution < -0.4 is 15.9 Å². The third kappa shape index (κ3) is 4.04. The molecule has 1 saturated heterocycles. The largest absolute Gasteiger partial charge is 0.355 e. The van der Waals surface area contributed by atoms with E-state index in [1.54, 1.807) is 11.6 Å². The number of benzene rings is 2. The number of aromatic amines is 1. The molecule has 2 aromatic carbocycles. The van der Waals surface area contributed by atoms with Crippen LogP contribution in [-0.2, 0) is 13.6 Å². The van der Waals surface area contributed by atoms with Gasteiger partial charge in [-0.3, -0.25) is 9.36 Å². The number of rotatable bonds is 5. The van der Waals surface area contributed by atoms with E-state index in [1.165, 1.54) is 6.33 Å². The van der Waals surface area contributed by atoms with Crippen LogP contribution in [0.4, 0.5) is 5.82 Å². The molecule has 10 nitrogen and oxygen atoms in total. The van der Waals surface area contributed by atoms with Gasteiger partial charge in [-0.1, -0.05) is 36.4 Å². The second kappa shape index (κ2) is 9.20. The molecule has 0 saturated carbocycles. The summed E-state index contributed by atoms with van der Waals surface area (Å²) in [6.45, 7) is 3.88. The first-order valence-corrected chi connectivity index (χ1v) is 12.5. The molecule has 0 radical (unpaired) electrons. The highest BCUT2D eigenvalue weighted by Crippen LogP contribution is 2.30. The molecule has 4 heterocycles. The number of carbonyl (C=O) groups excluding carboxylic acids is 1. The minimum Gasteiger partial charge on any atom is -0.355 e. The van der Waals surface area contributed by atoms with E-state index >= 15 is 0 Å². The zero-order valence-electron chi connectivity index (χ0n) is 20.8. The lowest BCUT2D eigenvalue weighted by Crippen LogP contribution is -2.37. The normalized spacial score (nSPS) is 14.5. The summed E-state index contributed by atoms with van der Waals surface area (Å²) in [4.78, 5) is 44.4. The lowest BCUT2D eigenvalue weighted by Gasteiger charge is -2.33. The fourth-order valence-electron chi connectivity index (χ4n) is 5.26. The van der Waals surface area contributed by atoms with Crippen LogP contribution in [0, 0.1) is 6.92 Å². The summed E-state index contributed by atoms with van der Waals surface area (Å²) in [5.41, 5.74) is 5.12. The molecule has 0 atom stereocenters. The van der Waals surface area contributed by atoms with E-state index < -0.39 is 0 Å². The lowest BCUT2D eigenvalue weighted by atomic mass is 10.0. The predicted molar refractivity (Wildman–Crippen MR) is 142 cm³/mol. The van der Waals surface area contributed by atoms with Crippen molar-refractivity contribution in [1.29, 1.82) is 0 Å². The third-order valence-electron chi connectivity index (χ3n) is 7.29. The number of anilines is 1. The Balaban J connectivity index is 1.22. The van der Waals surface area contributed by atoms with Crippen LogP contribution in [0.15, 0.2) is 59.7 Å². The van der Waals surface area contributed by atoms with Crippen LogP contribution in [0.5, 0.6) is 0 Å². The van der Waals surface area contributed by atoms with Crippen molar-refractivity contribution in [3.8, 4) is 0 Å². The third-order valence-corrected chi connectivity index (χ3v) is 7.29. The Morgan fingerprint density at radius 1 is 1.08 bits per heavy atom. The van der Waals surface area contributed by atoms with Gasteiger partial charge in [0.2, 0.25) is 5.82 Å². The molecule has 1 fully saturated rings. The van der Waals surface area contributed by atoms with Gasteiger partial charge in [-0.15, -0.1) is 0 Å². The summed E-state index contributed by atoms with van der Waals surface area (Å²) in [5, 5.41) is 2.98. The lowest BCUT2D eigenvalue weighted by molar-refractivity contribution is 0.0938. The van der Waals surface area contributed by atoms with Crippen molar-refractivity contribution in [2.75, 3.05) is 18.0 Å². The van der Waals surface area contributed by atoms with E-state index in [-0.39, 0.29) is 17.6 Å². The quantitative estimate of drug-likeness (QED) is 0.387. The van der Waals surface area contributed by atoms with Crippen LogP contribution in [0.1, 0.15) is 40.6 Å². The summed E-state index contributed by atoms with van der Waals surface area (Å²) < 4.78 is 3.59. The predicted octanol–water partition coefficient (Wildman–Crippen LogP) is 3.09. The van der Waals surface area contributed by atoms with Gasteiger partial charge in [0.05, 0.1) is 11.0 Å². The SMILES string of the molecule is Cc1ccccc1CNC(=O)c1nc2c(N3CCC(n4c(=O)[nH]c5ccccc54)CC3)ncnc2n1C. The Hall–Kier alpha value is -4.47. The Kier molecular flexibility index (Phi) is 5.71. The highest BCUT2D eigenvalue weighted by molar-refractivity contribution is 5.96. The summed E-state index contributed by atoms with van der Waals surface area (Å²) in [5.74, 6) is 0.751. The fraction of sp³-hybridized carbons (Fsp3) is 0.296. The van der Waals surface area contributed by atoms with E-state index in [1.807, 2.05) is 60.0 Å². The number of hydrogen-bond donors (Lipinski definition) is 2. The number of aromatic nitrogens is 6. The van der Waals surface area contributed by atoms with Crippen LogP contribution in [0.25, 0.3) is 22.2 Å². The van der Waals surface area contributed by atoms with Crippen molar-refractivity contribution in [3.63, 3.8) is 0 Å². The van der Waals surface area contributed by atoms with Gasteiger partial charge >= 0.3 is 5.69 Å². The maximum absolute atomic E-state index is 13.0. The van der Waals surface area contributed by atoms with Gasteiger partial charge in [-0.05, 0) is 43.0 Å². The van der Waals surface area contributed by atoms with Gasteiger partial charge in [0, 0.05) is 32.7 Å². The molecule has 5 aromatic rings. The van der Waals surface area contributed by atoms with E-state index in [4.69, 9.17) is 0 Å². The standard InChI is InChI=1S/C27H28N8O2/c1-17-7-3-4-8-18(17)15-28-26(36)25-32-22-23(33(25)2)29-16-30-24(22)34-13-11-19(12-14-34)35-21-10-6-5-9-20(21)31-27(35)37/h3-10,16,19H,11-15H2,1-2H3,(H,28,36)(H,31,37). The molecule has 0 spiro atoms. The van der Waals surface area contributed by atoms with Crippen LogP contribution in [0.2, 0.25) is 0 Å². The number of fused-ring (bicyclic) bond motifs is 2. The molecule has 2 N–H and O–H groups in total. The van der Waals surface area contributed by atoms with Gasteiger partial charge in [0.15, 0.2) is 17.0 Å². The number of piperidine rings is 1. The second-order valence-electron chi connectivity index (χ2n) is 9.51. The first-order valence-electron chi connectivity index (χ1n) is 12.5. The van der Waals surface area contributed by atoms with E-state index in [2.05, 4.69) is 30.2 Å². The first kappa shape index (κ1) is 23.0. The summed E-state index contributed by atoms with van der Waals surface area (Å²) in [7, 11) is 1.80. The Bertz CT molecular complexity index is 1670. The monoisotopic (exact) mass is 496 g/mol. The molecule has 0 unspecified atom stereocenters. The second-order valence-corrected chi connectivity index (χ2v) is 9.51. The Morgan fingerprint density at radius 2 is 1.84 bits per heavy atom. The average Bonchev–Trinajstić information content (AvgIpc) is 3.44. The molecule has 10 heteroatoms. The topological polar surface area (TPSA) is 114 Å². The van der Waals surface area contributed by atoms with Gasteiger partial charge in [0.25, 0.3) is 5.91 Å². The van der Waals surface area contributed by atoms with E-state index in [9.17, 15) is 9.59 Å². The number of nitrogens with one attached hydrogen (secondary N) is 2. The van der Waals surface area contributed by atoms with Crippen LogP contribution in [0.3, 0.4) is 0 Å². The molecule has 0 bridgehead atoms. The summed E-state index contributed by atoms with van der Waals surface area (Å²) in [6.07, 6.45) is 3.11. The number of imidazole rings is 2. The minimum absolute atomic E-state index is 0.0739. The van der Waals surface area contributed by atoms with Gasteiger partial charge < -0.3 is 19.8 Å². The molecule has 1 amide bonds. The molecular weight excluding hydrogens is 468 g/mol. The number of nitrogens with zero attached hydrogens (tertiary/aromatic N) is 6. The fourth-order valence-corrected chi connectivity index (χ4v) is 5.26. The van der Waals surface area contributed by atoms with Crippen molar-refractivity contribution in [2.24, 2.45) is 7.05 Å². The van der Waals surface area contributed by atoms with Crippen molar-refractivity contribution >= 4 is 33.9 Å². The van der Waals surface area contributed by atoms with Crippen molar-refractivity contribution < 1.29 is 4.79 Å². The smallest absolute Gasteiger partial charge is 0.326 e. The van der Waals surface area contributed by atoms with Crippen molar-refractivity contribution in [2.45, 2.75) is 32.4 Å². The average molecular weight is 497 g/mol. The number of H-pyrrole nitrogens is 1. The molecule has 37 heavy (non-hydrogen) atoms. The van der Waals surface area contributed by atoms with E-state index in [0.29, 0.717) is 42.4 Å².